The van der Waals surface area contributed by atoms with E-state index >= 15 is 0 Å². The van der Waals surface area contributed by atoms with Crippen LogP contribution in [0, 0.1) is 20.8 Å². The first-order valence-electron chi connectivity index (χ1n) is 7.08. The summed E-state index contributed by atoms with van der Waals surface area (Å²) in [5.41, 5.74) is 2.28. The summed E-state index contributed by atoms with van der Waals surface area (Å²) >= 11 is 3.28. The summed E-state index contributed by atoms with van der Waals surface area (Å²) in [6.07, 6.45) is 0. The van der Waals surface area contributed by atoms with Gasteiger partial charge in [0.25, 0.3) is 5.91 Å². The highest BCUT2D eigenvalue weighted by Gasteiger charge is 2.24. The fraction of sp³-hybridized carbons (Fsp3) is 0.467. The van der Waals surface area contributed by atoms with Gasteiger partial charge in [-0.2, -0.15) is 0 Å². The number of anilines is 1. The molecule has 0 radical (unpaired) electrons. The van der Waals surface area contributed by atoms with Gasteiger partial charge in [-0.15, -0.1) is 22.7 Å². The molecule has 1 saturated heterocycles. The van der Waals surface area contributed by atoms with Gasteiger partial charge in [0, 0.05) is 36.4 Å². The van der Waals surface area contributed by atoms with Crippen molar-refractivity contribution in [3.05, 3.63) is 32.5 Å². The van der Waals surface area contributed by atoms with Gasteiger partial charge in [-0.1, -0.05) is 0 Å². The number of carbonyl (C=O) groups excluding carboxylic acids is 1. The maximum atomic E-state index is 12.5. The first kappa shape index (κ1) is 14.5. The normalized spacial score (nSPS) is 15.6. The van der Waals surface area contributed by atoms with Gasteiger partial charge in [-0.3, -0.25) is 4.79 Å². The van der Waals surface area contributed by atoms with Crippen molar-refractivity contribution in [2.24, 2.45) is 0 Å². The van der Waals surface area contributed by atoms with Crippen molar-refractivity contribution in [3.8, 4) is 0 Å². The molecule has 2 aromatic rings. The number of thiazole rings is 1. The lowest BCUT2D eigenvalue weighted by atomic mass is 10.2. The average molecular weight is 321 g/mol. The highest BCUT2D eigenvalue weighted by Crippen LogP contribution is 2.24. The van der Waals surface area contributed by atoms with E-state index in [1.54, 1.807) is 22.7 Å². The summed E-state index contributed by atoms with van der Waals surface area (Å²) < 4.78 is 0. The highest BCUT2D eigenvalue weighted by molar-refractivity contribution is 7.14. The maximum Gasteiger partial charge on any atom is 0.264 e. The quantitative estimate of drug-likeness (QED) is 0.853. The molecule has 1 fully saturated rings. The summed E-state index contributed by atoms with van der Waals surface area (Å²) in [6, 6.07) is 2.01. The molecule has 0 saturated carbocycles. The summed E-state index contributed by atoms with van der Waals surface area (Å²) in [5, 5.41) is 3.15. The van der Waals surface area contributed by atoms with Crippen molar-refractivity contribution in [2.75, 3.05) is 31.1 Å². The van der Waals surface area contributed by atoms with Crippen molar-refractivity contribution < 1.29 is 4.79 Å². The van der Waals surface area contributed by atoms with Crippen molar-refractivity contribution in [1.29, 1.82) is 0 Å². The molecule has 0 aliphatic carbocycles. The standard InChI is InChI=1S/C15H19N3OS2/c1-10-8-13(21-12(10)3)14(19)17-4-6-18(7-5-17)15-16-11(2)9-20-15/h8-9H,4-7H2,1-3H3. The number of aromatic nitrogens is 1. The second kappa shape index (κ2) is 5.77. The number of piperazine rings is 1. The fourth-order valence-electron chi connectivity index (χ4n) is 2.42. The van der Waals surface area contributed by atoms with Gasteiger partial charge in [-0.25, -0.2) is 4.98 Å². The molecule has 1 aliphatic rings. The summed E-state index contributed by atoms with van der Waals surface area (Å²) in [6.45, 7) is 9.41. The third-order valence-electron chi connectivity index (χ3n) is 3.82. The number of nitrogens with zero attached hydrogens (tertiary/aromatic N) is 3. The molecule has 3 rings (SSSR count). The average Bonchev–Trinajstić information content (AvgIpc) is 3.05. The predicted molar refractivity (Wildman–Crippen MR) is 88.8 cm³/mol. The molecule has 3 heterocycles. The van der Waals surface area contributed by atoms with Crippen LogP contribution in [0.1, 0.15) is 25.8 Å². The third kappa shape index (κ3) is 2.96. The number of rotatable bonds is 2. The van der Waals surface area contributed by atoms with Crippen LogP contribution in [-0.4, -0.2) is 42.0 Å². The number of aryl methyl sites for hydroxylation is 3. The lowest BCUT2D eigenvalue weighted by Crippen LogP contribution is -2.48. The Morgan fingerprint density at radius 2 is 1.90 bits per heavy atom. The largest absolute Gasteiger partial charge is 0.345 e. The van der Waals surface area contributed by atoms with Gasteiger partial charge >= 0.3 is 0 Å². The number of amides is 1. The van der Waals surface area contributed by atoms with E-state index in [4.69, 9.17) is 0 Å². The Hall–Kier alpha value is -1.40. The Balaban J connectivity index is 1.64. The zero-order valence-corrected chi connectivity index (χ0v) is 14.2. The van der Waals surface area contributed by atoms with E-state index in [0.717, 1.165) is 41.9 Å². The Labute approximate surface area is 133 Å². The van der Waals surface area contributed by atoms with Crippen LogP contribution >= 0.6 is 22.7 Å². The number of carbonyl (C=O) groups is 1. The van der Waals surface area contributed by atoms with Crippen LogP contribution in [0.2, 0.25) is 0 Å². The van der Waals surface area contributed by atoms with Crippen molar-refractivity contribution in [1.82, 2.24) is 9.88 Å². The number of hydrogen-bond acceptors (Lipinski definition) is 5. The Kier molecular flexibility index (Phi) is 3.99. The van der Waals surface area contributed by atoms with Crippen LogP contribution in [0.5, 0.6) is 0 Å². The molecule has 1 aliphatic heterocycles. The van der Waals surface area contributed by atoms with E-state index in [1.807, 2.05) is 17.9 Å². The third-order valence-corrected chi connectivity index (χ3v) is 5.98. The van der Waals surface area contributed by atoms with Gasteiger partial charge < -0.3 is 9.80 Å². The summed E-state index contributed by atoms with van der Waals surface area (Å²) in [4.78, 5) is 23.4. The van der Waals surface area contributed by atoms with Gasteiger partial charge in [-0.05, 0) is 32.4 Å². The van der Waals surface area contributed by atoms with E-state index < -0.39 is 0 Å². The van der Waals surface area contributed by atoms with E-state index in [2.05, 4.69) is 29.1 Å². The monoisotopic (exact) mass is 321 g/mol. The minimum atomic E-state index is 0.172. The van der Waals surface area contributed by atoms with Crippen LogP contribution in [0.4, 0.5) is 5.13 Å². The molecule has 0 atom stereocenters. The highest BCUT2D eigenvalue weighted by atomic mass is 32.1. The number of thiophene rings is 1. The fourth-order valence-corrected chi connectivity index (χ4v) is 4.28. The first-order chi connectivity index (χ1) is 10.0. The molecule has 112 valence electrons. The molecule has 0 unspecified atom stereocenters. The van der Waals surface area contributed by atoms with Crippen molar-refractivity contribution in [3.63, 3.8) is 0 Å². The van der Waals surface area contributed by atoms with E-state index in [9.17, 15) is 4.79 Å². The molecule has 6 heteroatoms. The van der Waals surface area contributed by atoms with E-state index in [-0.39, 0.29) is 5.91 Å². The molecule has 2 aromatic heterocycles. The Bertz CT molecular complexity index is 634. The van der Waals surface area contributed by atoms with Crippen LogP contribution in [0.25, 0.3) is 0 Å². The van der Waals surface area contributed by atoms with Gasteiger partial charge in [0.2, 0.25) is 0 Å². The minimum Gasteiger partial charge on any atom is -0.345 e. The molecule has 1 amide bonds. The molecule has 21 heavy (non-hydrogen) atoms. The van der Waals surface area contributed by atoms with Crippen LogP contribution < -0.4 is 4.90 Å². The van der Waals surface area contributed by atoms with Crippen molar-refractivity contribution >= 4 is 33.7 Å². The van der Waals surface area contributed by atoms with Gasteiger partial charge in [0.15, 0.2) is 5.13 Å². The molecule has 0 bridgehead atoms. The minimum absolute atomic E-state index is 0.172. The zero-order valence-electron chi connectivity index (χ0n) is 12.5. The lowest BCUT2D eigenvalue weighted by molar-refractivity contribution is 0.0751. The predicted octanol–water partition coefficient (Wildman–Crippen LogP) is 3.09. The zero-order chi connectivity index (χ0) is 15.0. The van der Waals surface area contributed by atoms with Crippen LogP contribution in [0.15, 0.2) is 11.4 Å². The van der Waals surface area contributed by atoms with E-state index in [0.29, 0.717) is 0 Å². The second-order valence-electron chi connectivity index (χ2n) is 5.40. The Morgan fingerprint density at radius 3 is 2.43 bits per heavy atom. The summed E-state index contributed by atoms with van der Waals surface area (Å²) in [5.74, 6) is 0.172. The SMILES string of the molecule is Cc1csc(N2CCN(C(=O)c3cc(C)c(C)s3)CC2)n1. The number of hydrogen-bond donors (Lipinski definition) is 0. The van der Waals surface area contributed by atoms with Gasteiger partial charge in [0.05, 0.1) is 10.6 Å². The molecular formula is C15H19N3OS2. The molecular weight excluding hydrogens is 302 g/mol. The lowest BCUT2D eigenvalue weighted by Gasteiger charge is -2.34. The van der Waals surface area contributed by atoms with E-state index in [1.165, 1.54) is 10.4 Å². The summed E-state index contributed by atoms with van der Waals surface area (Å²) in [7, 11) is 0. The molecule has 0 N–H and O–H groups in total. The molecule has 4 nitrogen and oxygen atoms in total. The first-order valence-corrected chi connectivity index (χ1v) is 8.77. The van der Waals surface area contributed by atoms with Crippen LogP contribution in [-0.2, 0) is 0 Å². The smallest absolute Gasteiger partial charge is 0.264 e. The van der Waals surface area contributed by atoms with Crippen molar-refractivity contribution in [2.45, 2.75) is 20.8 Å². The second-order valence-corrected chi connectivity index (χ2v) is 7.49. The van der Waals surface area contributed by atoms with Crippen LogP contribution in [0.3, 0.4) is 0 Å². The van der Waals surface area contributed by atoms with Gasteiger partial charge in [0.1, 0.15) is 0 Å². The molecule has 0 aromatic carbocycles. The Morgan fingerprint density at radius 1 is 1.19 bits per heavy atom. The topological polar surface area (TPSA) is 36.4 Å². The molecule has 0 spiro atoms. The maximum absolute atomic E-state index is 12.5.